The molecule has 0 spiro atoms. The molecule has 7 heteroatoms. The van der Waals surface area contributed by atoms with Gasteiger partial charge in [0.25, 0.3) is 0 Å². The molecule has 1 aliphatic heterocycles. The van der Waals surface area contributed by atoms with Crippen molar-refractivity contribution in [1.29, 1.82) is 0 Å². The third-order valence-corrected chi connectivity index (χ3v) is 5.09. The zero-order valence-electron chi connectivity index (χ0n) is 15.0. The Morgan fingerprint density at radius 3 is 2.39 bits per heavy atom. The minimum atomic E-state index is -1.37. The van der Waals surface area contributed by atoms with Crippen molar-refractivity contribution in [3.05, 3.63) is 75.6 Å². The summed E-state index contributed by atoms with van der Waals surface area (Å²) in [6.07, 6.45) is 3.21. The van der Waals surface area contributed by atoms with Gasteiger partial charge in [-0.3, -0.25) is 4.79 Å². The Morgan fingerprint density at radius 1 is 1.07 bits per heavy atom. The highest BCUT2D eigenvalue weighted by Gasteiger charge is 2.21. The molecule has 1 fully saturated rings. The van der Waals surface area contributed by atoms with E-state index < -0.39 is 22.8 Å². The molecule has 144 valence electrons. The van der Waals surface area contributed by atoms with Gasteiger partial charge in [0, 0.05) is 31.2 Å². The molecule has 0 bridgehead atoms. The van der Waals surface area contributed by atoms with Gasteiger partial charge in [-0.15, -0.1) is 0 Å². The lowest BCUT2D eigenvalue weighted by atomic mass is 10.1. The predicted molar refractivity (Wildman–Crippen MR) is 102 cm³/mol. The lowest BCUT2D eigenvalue weighted by Crippen LogP contribution is -2.22. The first-order chi connectivity index (χ1) is 13.4. The van der Waals surface area contributed by atoms with Crippen LogP contribution in [0.15, 0.2) is 47.4 Å². The number of carboxylic acids is 1. The number of rotatable bonds is 4. The van der Waals surface area contributed by atoms with Crippen molar-refractivity contribution in [3.63, 3.8) is 0 Å². The third kappa shape index (κ3) is 3.24. The first kappa shape index (κ1) is 18.2. The van der Waals surface area contributed by atoms with Crippen molar-refractivity contribution in [3.8, 4) is 0 Å². The lowest BCUT2D eigenvalue weighted by Gasteiger charge is -2.20. The molecule has 0 unspecified atom stereocenters. The summed E-state index contributed by atoms with van der Waals surface area (Å²) in [4.78, 5) is 26.0. The molecule has 0 radical (unpaired) electrons. The lowest BCUT2D eigenvalue weighted by molar-refractivity contribution is 0.0695. The molecule has 4 rings (SSSR count). The van der Waals surface area contributed by atoms with E-state index in [1.807, 2.05) is 4.90 Å². The Balaban J connectivity index is 1.92. The summed E-state index contributed by atoms with van der Waals surface area (Å²) in [7, 11) is 0. The summed E-state index contributed by atoms with van der Waals surface area (Å²) in [5.74, 6) is -2.29. The summed E-state index contributed by atoms with van der Waals surface area (Å²) < 4.78 is 29.5. The number of carboxylic acid groups (broad SMARTS) is 1. The van der Waals surface area contributed by atoms with E-state index in [9.17, 15) is 23.5 Å². The molecule has 28 heavy (non-hydrogen) atoms. The standard InChI is InChI=1S/C21H18F2N2O3/c22-14-5-3-13(4-6-14)11-25-12-16(21(27)28)20(26)15-9-17(23)19(10-18(15)25)24-7-1-2-8-24/h3-6,9-10,12H,1-2,7-8,11H2,(H,27,28). The smallest absolute Gasteiger partial charge is 0.341 e. The fourth-order valence-corrected chi connectivity index (χ4v) is 3.67. The maximum atomic E-state index is 14.7. The Labute approximate surface area is 159 Å². The van der Waals surface area contributed by atoms with Crippen LogP contribution in [-0.2, 0) is 6.54 Å². The fourth-order valence-electron chi connectivity index (χ4n) is 3.67. The van der Waals surface area contributed by atoms with Crippen LogP contribution >= 0.6 is 0 Å². The Morgan fingerprint density at radius 2 is 1.75 bits per heavy atom. The van der Waals surface area contributed by atoms with Crippen molar-refractivity contribution in [2.24, 2.45) is 0 Å². The first-order valence-corrected chi connectivity index (χ1v) is 9.03. The molecule has 3 aromatic rings. The van der Waals surface area contributed by atoms with Crippen LogP contribution in [0.1, 0.15) is 28.8 Å². The van der Waals surface area contributed by atoms with E-state index in [1.165, 1.54) is 18.3 Å². The average Bonchev–Trinajstić information content (AvgIpc) is 3.19. The molecule has 0 aliphatic carbocycles. The van der Waals surface area contributed by atoms with E-state index in [4.69, 9.17) is 0 Å². The van der Waals surface area contributed by atoms with Crippen molar-refractivity contribution in [1.82, 2.24) is 4.57 Å². The number of nitrogens with zero attached hydrogens (tertiary/aromatic N) is 2. The third-order valence-electron chi connectivity index (χ3n) is 5.09. The molecule has 0 saturated carbocycles. The van der Waals surface area contributed by atoms with Crippen LogP contribution in [0.2, 0.25) is 0 Å². The largest absolute Gasteiger partial charge is 0.477 e. The van der Waals surface area contributed by atoms with Gasteiger partial charge in [0.2, 0.25) is 5.43 Å². The molecule has 2 aromatic carbocycles. The average molecular weight is 384 g/mol. The van der Waals surface area contributed by atoms with Gasteiger partial charge in [-0.1, -0.05) is 12.1 Å². The van der Waals surface area contributed by atoms with Crippen LogP contribution in [0.5, 0.6) is 0 Å². The van der Waals surface area contributed by atoms with Gasteiger partial charge in [-0.05, 0) is 42.7 Å². The Kier molecular flexibility index (Phi) is 4.58. The van der Waals surface area contributed by atoms with E-state index in [0.717, 1.165) is 37.6 Å². The summed E-state index contributed by atoms with van der Waals surface area (Å²) in [6.45, 7) is 1.69. The molecule has 1 N–H and O–H groups in total. The molecular formula is C21H18F2N2O3. The van der Waals surface area contributed by atoms with Crippen LogP contribution in [0.25, 0.3) is 10.9 Å². The second-order valence-corrected chi connectivity index (χ2v) is 6.95. The van der Waals surface area contributed by atoms with Crippen molar-refractivity contribution < 1.29 is 18.7 Å². The van der Waals surface area contributed by atoms with Gasteiger partial charge in [-0.25, -0.2) is 13.6 Å². The SMILES string of the molecule is O=C(O)c1cn(Cc2ccc(F)cc2)c2cc(N3CCCC3)c(F)cc2c1=O. The van der Waals surface area contributed by atoms with Gasteiger partial charge in [0.1, 0.15) is 17.2 Å². The summed E-state index contributed by atoms with van der Waals surface area (Å²) in [5, 5.41) is 9.40. The zero-order chi connectivity index (χ0) is 19.8. The number of aromatic nitrogens is 1. The van der Waals surface area contributed by atoms with Crippen LogP contribution in [0.4, 0.5) is 14.5 Å². The van der Waals surface area contributed by atoms with Gasteiger partial charge in [-0.2, -0.15) is 0 Å². The molecule has 1 aliphatic rings. The van der Waals surface area contributed by atoms with Crippen LogP contribution in [-0.4, -0.2) is 28.7 Å². The van der Waals surface area contributed by atoms with Crippen LogP contribution in [0.3, 0.4) is 0 Å². The summed E-state index contributed by atoms with van der Waals surface area (Å²) in [6, 6.07) is 8.53. The van der Waals surface area contributed by atoms with E-state index in [-0.39, 0.29) is 17.7 Å². The number of anilines is 1. The number of hydrogen-bond donors (Lipinski definition) is 1. The topological polar surface area (TPSA) is 62.5 Å². The first-order valence-electron chi connectivity index (χ1n) is 9.03. The molecule has 1 aromatic heterocycles. The number of hydrogen-bond acceptors (Lipinski definition) is 3. The van der Waals surface area contributed by atoms with Gasteiger partial charge < -0.3 is 14.6 Å². The van der Waals surface area contributed by atoms with Crippen molar-refractivity contribution in [2.75, 3.05) is 18.0 Å². The van der Waals surface area contributed by atoms with Crippen molar-refractivity contribution >= 4 is 22.6 Å². The molecule has 1 saturated heterocycles. The van der Waals surface area contributed by atoms with Crippen molar-refractivity contribution in [2.45, 2.75) is 19.4 Å². The summed E-state index contributed by atoms with van der Waals surface area (Å²) in [5.41, 5.74) is 0.436. The maximum absolute atomic E-state index is 14.7. The number of aromatic carboxylic acids is 1. The van der Waals surface area contributed by atoms with Gasteiger partial charge >= 0.3 is 5.97 Å². The second-order valence-electron chi connectivity index (χ2n) is 6.95. The van der Waals surface area contributed by atoms with Crippen LogP contribution < -0.4 is 10.3 Å². The number of halogens is 2. The molecule has 0 atom stereocenters. The highest BCUT2D eigenvalue weighted by molar-refractivity contribution is 5.93. The van der Waals surface area contributed by atoms with Gasteiger partial charge in [0.05, 0.1) is 11.2 Å². The van der Waals surface area contributed by atoms with E-state index in [1.54, 1.807) is 22.8 Å². The van der Waals surface area contributed by atoms with E-state index >= 15 is 0 Å². The highest BCUT2D eigenvalue weighted by atomic mass is 19.1. The Bertz CT molecular complexity index is 1120. The normalized spacial score (nSPS) is 14.0. The molecular weight excluding hydrogens is 366 g/mol. The predicted octanol–water partition coefficient (Wildman–Crippen LogP) is 3.63. The summed E-state index contributed by atoms with van der Waals surface area (Å²) >= 11 is 0. The monoisotopic (exact) mass is 384 g/mol. The minimum absolute atomic E-state index is 0.0162. The Hall–Kier alpha value is -3.22. The van der Waals surface area contributed by atoms with Gasteiger partial charge in [0.15, 0.2) is 0 Å². The highest BCUT2D eigenvalue weighted by Crippen LogP contribution is 2.28. The number of pyridine rings is 1. The maximum Gasteiger partial charge on any atom is 0.341 e. The minimum Gasteiger partial charge on any atom is -0.477 e. The second kappa shape index (κ2) is 7.07. The van der Waals surface area contributed by atoms with E-state index in [2.05, 4.69) is 0 Å². The molecule has 5 nitrogen and oxygen atoms in total. The quantitative estimate of drug-likeness (QED) is 0.746. The number of fused-ring (bicyclic) bond motifs is 1. The molecule has 0 amide bonds. The number of benzene rings is 2. The fraction of sp³-hybridized carbons (Fsp3) is 0.238. The molecule has 2 heterocycles. The zero-order valence-corrected chi connectivity index (χ0v) is 15.0. The van der Waals surface area contributed by atoms with Crippen LogP contribution in [0, 0.1) is 11.6 Å². The number of carbonyl (C=O) groups is 1. The van der Waals surface area contributed by atoms with E-state index in [0.29, 0.717) is 11.2 Å².